The lowest BCUT2D eigenvalue weighted by Gasteiger charge is -2.37. The highest BCUT2D eigenvalue weighted by Crippen LogP contribution is 2.41. The SMILES string of the molecule is CCC[SiH]1CCC(C2CCC(C(=O)Oc3ccc(Cl)c(C)c3)CC2)CC1. The molecule has 1 saturated heterocycles. The lowest BCUT2D eigenvalue weighted by molar-refractivity contribution is -0.140. The third kappa shape index (κ3) is 5.13. The fraction of sp³-hybridized carbons (Fsp3) is 0.682. The molecular weight excluding hydrogens is 360 g/mol. The Morgan fingerprint density at radius 2 is 1.77 bits per heavy atom. The van der Waals surface area contributed by atoms with Crippen molar-refractivity contribution in [2.24, 2.45) is 17.8 Å². The Kier molecular flexibility index (Phi) is 7.22. The van der Waals surface area contributed by atoms with Crippen molar-refractivity contribution in [2.75, 3.05) is 0 Å². The van der Waals surface area contributed by atoms with Gasteiger partial charge in [-0.1, -0.05) is 55.9 Å². The Labute approximate surface area is 165 Å². The van der Waals surface area contributed by atoms with E-state index in [0.717, 1.165) is 30.2 Å². The van der Waals surface area contributed by atoms with Gasteiger partial charge in [0.1, 0.15) is 5.75 Å². The predicted octanol–water partition coefficient (Wildman–Crippen LogP) is 6.41. The summed E-state index contributed by atoms with van der Waals surface area (Å²) in [4.78, 5) is 12.5. The smallest absolute Gasteiger partial charge is 0.314 e. The molecule has 0 amide bonds. The fourth-order valence-corrected chi connectivity index (χ4v) is 8.66. The molecule has 3 rings (SSSR count). The fourth-order valence-electron chi connectivity index (χ4n) is 5.06. The number of aryl methyl sites for hydroxylation is 1. The first-order valence-corrected chi connectivity index (χ1v) is 13.4. The molecule has 1 aliphatic heterocycles. The quantitative estimate of drug-likeness (QED) is 0.329. The van der Waals surface area contributed by atoms with Crippen LogP contribution in [0.15, 0.2) is 18.2 Å². The van der Waals surface area contributed by atoms with Gasteiger partial charge in [0.2, 0.25) is 0 Å². The summed E-state index contributed by atoms with van der Waals surface area (Å²) in [6.45, 7) is 4.27. The molecule has 0 atom stereocenters. The van der Waals surface area contributed by atoms with Crippen LogP contribution in [0.1, 0.15) is 57.4 Å². The summed E-state index contributed by atoms with van der Waals surface area (Å²) in [5, 5.41) is 0.710. The topological polar surface area (TPSA) is 26.3 Å². The number of benzene rings is 1. The normalized spacial score (nSPS) is 29.3. The highest BCUT2D eigenvalue weighted by Gasteiger charge is 2.33. The van der Waals surface area contributed by atoms with Crippen LogP contribution in [0.2, 0.25) is 23.2 Å². The van der Waals surface area contributed by atoms with E-state index in [0.29, 0.717) is 10.8 Å². The van der Waals surface area contributed by atoms with Gasteiger partial charge in [0.25, 0.3) is 0 Å². The molecule has 0 unspecified atom stereocenters. The number of halogens is 1. The van der Waals surface area contributed by atoms with Crippen LogP contribution in [0.25, 0.3) is 0 Å². The summed E-state index contributed by atoms with van der Waals surface area (Å²) in [7, 11) is -0.379. The average molecular weight is 393 g/mol. The first kappa shape index (κ1) is 19.9. The van der Waals surface area contributed by atoms with Gasteiger partial charge in [-0.15, -0.1) is 0 Å². The minimum Gasteiger partial charge on any atom is -0.426 e. The maximum Gasteiger partial charge on any atom is 0.314 e. The van der Waals surface area contributed by atoms with Crippen LogP contribution in [0.5, 0.6) is 5.75 Å². The van der Waals surface area contributed by atoms with Gasteiger partial charge in [0, 0.05) is 13.8 Å². The molecule has 1 saturated carbocycles. The summed E-state index contributed by atoms with van der Waals surface area (Å²) < 4.78 is 5.62. The molecule has 0 radical (unpaired) electrons. The number of esters is 1. The Morgan fingerprint density at radius 1 is 1.12 bits per heavy atom. The predicted molar refractivity (Wildman–Crippen MR) is 112 cm³/mol. The van der Waals surface area contributed by atoms with Gasteiger partial charge in [-0.25, -0.2) is 0 Å². The summed E-state index contributed by atoms with van der Waals surface area (Å²) in [6.07, 6.45) is 8.77. The third-order valence-corrected chi connectivity index (χ3v) is 10.8. The van der Waals surface area contributed by atoms with Gasteiger partial charge in [-0.05, 0) is 68.2 Å². The van der Waals surface area contributed by atoms with Crippen LogP contribution in [-0.4, -0.2) is 14.8 Å². The standard InChI is InChI=1S/C22H33ClO2Si/c1-3-12-26-13-10-18(11-14-26)17-4-6-19(7-5-17)22(24)25-20-8-9-21(23)16(2)15-20/h8-9,15,17-19,26H,3-7,10-14H2,1-2H3. The first-order valence-electron chi connectivity index (χ1n) is 10.5. The van der Waals surface area contributed by atoms with Crippen LogP contribution >= 0.6 is 11.6 Å². The average Bonchev–Trinajstić information content (AvgIpc) is 2.66. The van der Waals surface area contributed by atoms with E-state index in [1.807, 2.05) is 13.0 Å². The molecule has 4 heteroatoms. The van der Waals surface area contributed by atoms with E-state index in [1.165, 1.54) is 32.1 Å². The van der Waals surface area contributed by atoms with E-state index in [4.69, 9.17) is 16.3 Å². The molecule has 1 aliphatic carbocycles. The molecule has 1 aromatic rings. The maximum absolute atomic E-state index is 12.5. The largest absolute Gasteiger partial charge is 0.426 e. The van der Waals surface area contributed by atoms with Crippen molar-refractivity contribution >= 4 is 26.4 Å². The second-order valence-corrected chi connectivity index (χ2v) is 12.4. The maximum atomic E-state index is 12.5. The number of carbonyl (C=O) groups is 1. The van der Waals surface area contributed by atoms with E-state index >= 15 is 0 Å². The zero-order valence-corrected chi connectivity index (χ0v) is 18.2. The van der Waals surface area contributed by atoms with Crippen LogP contribution in [-0.2, 0) is 4.79 Å². The molecule has 2 fully saturated rings. The highest BCUT2D eigenvalue weighted by atomic mass is 35.5. The lowest BCUT2D eigenvalue weighted by Crippen LogP contribution is -2.31. The Morgan fingerprint density at radius 3 is 2.38 bits per heavy atom. The van der Waals surface area contributed by atoms with Gasteiger partial charge in [0.05, 0.1) is 5.92 Å². The van der Waals surface area contributed by atoms with Crippen molar-refractivity contribution in [1.29, 1.82) is 0 Å². The third-order valence-electron chi connectivity index (χ3n) is 6.71. The molecule has 26 heavy (non-hydrogen) atoms. The van der Waals surface area contributed by atoms with Gasteiger partial charge in [-0.3, -0.25) is 4.79 Å². The second kappa shape index (κ2) is 9.41. The molecule has 144 valence electrons. The molecule has 0 bridgehead atoms. The summed E-state index contributed by atoms with van der Waals surface area (Å²) in [5.41, 5.74) is 0.947. The van der Waals surface area contributed by atoms with Crippen molar-refractivity contribution in [3.8, 4) is 5.75 Å². The molecule has 2 nitrogen and oxygen atoms in total. The minimum absolute atomic E-state index is 0.0516. The number of hydrogen-bond donors (Lipinski definition) is 0. The molecule has 2 aliphatic rings. The monoisotopic (exact) mass is 392 g/mol. The summed E-state index contributed by atoms with van der Waals surface area (Å²) in [6, 6.07) is 10.1. The Bertz CT molecular complexity index is 602. The minimum atomic E-state index is -0.379. The van der Waals surface area contributed by atoms with Crippen molar-refractivity contribution in [2.45, 2.75) is 76.9 Å². The van der Waals surface area contributed by atoms with Crippen LogP contribution in [0.3, 0.4) is 0 Å². The number of ether oxygens (including phenoxy) is 1. The molecule has 1 heterocycles. The van der Waals surface area contributed by atoms with Crippen molar-refractivity contribution in [3.63, 3.8) is 0 Å². The van der Waals surface area contributed by atoms with E-state index in [-0.39, 0.29) is 20.7 Å². The Balaban J connectivity index is 1.44. The van der Waals surface area contributed by atoms with E-state index < -0.39 is 0 Å². The van der Waals surface area contributed by atoms with Gasteiger partial charge < -0.3 is 4.74 Å². The number of rotatable bonds is 5. The van der Waals surface area contributed by atoms with E-state index in [2.05, 4.69) is 6.92 Å². The molecule has 0 spiro atoms. The highest BCUT2D eigenvalue weighted by molar-refractivity contribution is 6.58. The number of carbonyl (C=O) groups excluding carboxylic acids is 1. The van der Waals surface area contributed by atoms with Gasteiger partial charge in [0.15, 0.2) is 0 Å². The van der Waals surface area contributed by atoms with Crippen molar-refractivity contribution in [3.05, 3.63) is 28.8 Å². The molecule has 0 N–H and O–H groups in total. The first-order chi connectivity index (χ1) is 12.6. The Hall–Kier alpha value is -0.803. The van der Waals surface area contributed by atoms with Crippen LogP contribution < -0.4 is 4.74 Å². The van der Waals surface area contributed by atoms with E-state index in [1.54, 1.807) is 30.3 Å². The second-order valence-electron chi connectivity index (χ2n) is 8.51. The zero-order valence-electron chi connectivity index (χ0n) is 16.3. The number of hydrogen-bond acceptors (Lipinski definition) is 2. The van der Waals surface area contributed by atoms with Crippen LogP contribution in [0.4, 0.5) is 0 Å². The van der Waals surface area contributed by atoms with Crippen molar-refractivity contribution in [1.82, 2.24) is 0 Å². The van der Waals surface area contributed by atoms with Gasteiger partial charge in [-0.2, -0.15) is 0 Å². The summed E-state index contributed by atoms with van der Waals surface area (Å²) >= 11 is 6.04. The van der Waals surface area contributed by atoms with Gasteiger partial charge >= 0.3 is 5.97 Å². The van der Waals surface area contributed by atoms with Crippen LogP contribution in [0, 0.1) is 24.7 Å². The summed E-state index contributed by atoms with van der Waals surface area (Å²) in [5.74, 6) is 2.44. The van der Waals surface area contributed by atoms with Crippen molar-refractivity contribution < 1.29 is 9.53 Å². The zero-order chi connectivity index (χ0) is 18.5. The molecular formula is C22H33ClO2Si. The molecule has 0 aromatic heterocycles. The molecule has 1 aromatic carbocycles. The lowest BCUT2D eigenvalue weighted by atomic mass is 9.74. The van der Waals surface area contributed by atoms with E-state index in [9.17, 15) is 4.79 Å².